The Bertz CT molecular complexity index is 687. The minimum Gasteiger partial charge on any atom is -0.292 e. The number of rotatable bonds is 3. The number of hydrogen-bond donors (Lipinski definition) is 0. The Morgan fingerprint density at radius 2 is 1.95 bits per heavy atom. The zero-order valence-electron chi connectivity index (χ0n) is 11.3. The SMILES string of the molecule is Cc1cccc(C(=O)Cn2c(C)cc(C)nc2=O)c1. The summed E-state index contributed by atoms with van der Waals surface area (Å²) in [6, 6.07) is 9.15. The lowest BCUT2D eigenvalue weighted by molar-refractivity contribution is 0.0969. The molecule has 19 heavy (non-hydrogen) atoms. The van der Waals surface area contributed by atoms with Crippen LogP contribution in [0, 0.1) is 20.8 Å². The van der Waals surface area contributed by atoms with Crippen LogP contribution in [0.15, 0.2) is 35.1 Å². The van der Waals surface area contributed by atoms with Crippen LogP contribution in [0.1, 0.15) is 27.3 Å². The summed E-state index contributed by atoms with van der Waals surface area (Å²) >= 11 is 0. The summed E-state index contributed by atoms with van der Waals surface area (Å²) in [5, 5.41) is 0. The molecule has 0 unspecified atom stereocenters. The highest BCUT2D eigenvalue weighted by molar-refractivity contribution is 5.96. The van der Waals surface area contributed by atoms with E-state index in [0.717, 1.165) is 11.3 Å². The molecule has 98 valence electrons. The Hall–Kier alpha value is -2.23. The van der Waals surface area contributed by atoms with E-state index < -0.39 is 0 Å². The van der Waals surface area contributed by atoms with Gasteiger partial charge in [-0.2, -0.15) is 4.98 Å². The number of aryl methyl sites for hydroxylation is 3. The summed E-state index contributed by atoms with van der Waals surface area (Å²) in [5.41, 5.74) is 2.68. The molecule has 1 heterocycles. The van der Waals surface area contributed by atoms with E-state index in [1.807, 2.05) is 25.1 Å². The van der Waals surface area contributed by atoms with E-state index in [1.54, 1.807) is 26.0 Å². The molecule has 0 saturated carbocycles. The Morgan fingerprint density at radius 1 is 1.21 bits per heavy atom. The number of ketones is 1. The summed E-state index contributed by atoms with van der Waals surface area (Å²) in [6.45, 7) is 5.53. The van der Waals surface area contributed by atoms with Crippen LogP contribution in [0.25, 0.3) is 0 Å². The molecule has 0 radical (unpaired) electrons. The van der Waals surface area contributed by atoms with Crippen molar-refractivity contribution in [2.45, 2.75) is 27.3 Å². The molecule has 0 aliphatic rings. The first kappa shape index (κ1) is 13.2. The van der Waals surface area contributed by atoms with Crippen molar-refractivity contribution >= 4 is 5.78 Å². The van der Waals surface area contributed by atoms with E-state index in [1.165, 1.54) is 4.57 Å². The minimum atomic E-state index is -0.376. The zero-order valence-corrected chi connectivity index (χ0v) is 11.3. The van der Waals surface area contributed by atoms with E-state index in [9.17, 15) is 9.59 Å². The molecule has 0 spiro atoms. The maximum atomic E-state index is 12.2. The lowest BCUT2D eigenvalue weighted by Crippen LogP contribution is -2.28. The van der Waals surface area contributed by atoms with Crippen LogP contribution in [0.3, 0.4) is 0 Å². The summed E-state index contributed by atoms with van der Waals surface area (Å²) in [5.74, 6) is -0.0837. The van der Waals surface area contributed by atoms with Crippen molar-refractivity contribution in [3.8, 4) is 0 Å². The molecule has 2 rings (SSSR count). The van der Waals surface area contributed by atoms with Crippen molar-refractivity contribution in [1.29, 1.82) is 0 Å². The second kappa shape index (κ2) is 5.18. The van der Waals surface area contributed by atoms with Crippen LogP contribution >= 0.6 is 0 Å². The monoisotopic (exact) mass is 256 g/mol. The molecule has 0 aliphatic carbocycles. The van der Waals surface area contributed by atoms with E-state index in [-0.39, 0.29) is 18.0 Å². The van der Waals surface area contributed by atoms with Gasteiger partial charge in [0.1, 0.15) is 0 Å². The molecule has 2 aromatic rings. The predicted octanol–water partition coefficient (Wildman–Crippen LogP) is 2.05. The molecule has 0 aliphatic heterocycles. The van der Waals surface area contributed by atoms with Gasteiger partial charge in [0.2, 0.25) is 0 Å². The van der Waals surface area contributed by atoms with Gasteiger partial charge >= 0.3 is 5.69 Å². The van der Waals surface area contributed by atoms with Gasteiger partial charge in [-0.25, -0.2) is 4.79 Å². The minimum absolute atomic E-state index is 0.0292. The molecule has 0 amide bonds. The highest BCUT2D eigenvalue weighted by atomic mass is 16.2. The van der Waals surface area contributed by atoms with E-state index in [2.05, 4.69) is 4.98 Å². The van der Waals surface area contributed by atoms with E-state index >= 15 is 0 Å². The molecule has 0 atom stereocenters. The average molecular weight is 256 g/mol. The van der Waals surface area contributed by atoms with Crippen LogP contribution in [-0.2, 0) is 6.54 Å². The molecule has 0 fully saturated rings. The molecule has 1 aromatic heterocycles. The molecule has 1 aromatic carbocycles. The lowest BCUT2D eigenvalue weighted by atomic mass is 10.1. The van der Waals surface area contributed by atoms with Crippen LogP contribution in [0.4, 0.5) is 0 Å². The third kappa shape index (κ3) is 2.96. The largest absolute Gasteiger partial charge is 0.348 e. The third-order valence-electron chi connectivity index (χ3n) is 2.99. The fourth-order valence-corrected chi connectivity index (χ4v) is 2.02. The van der Waals surface area contributed by atoms with Crippen molar-refractivity contribution in [3.63, 3.8) is 0 Å². The van der Waals surface area contributed by atoms with Crippen LogP contribution in [-0.4, -0.2) is 15.3 Å². The fourth-order valence-electron chi connectivity index (χ4n) is 2.02. The average Bonchev–Trinajstić information content (AvgIpc) is 2.33. The van der Waals surface area contributed by atoms with Gasteiger partial charge in [-0.1, -0.05) is 23.8 Å². The predicted molar refractivity (Wildman–Crippen MR) is 73.5 cm³/mol. The maximum absolute atomic E-state index is 12.2. The van der Waals surface area contributed by atoms with Crippen LogP contribution < -0.4 is 5.69 Å². The van der Waals surface area contributed by atoms with Crippen molar-refractivity contribution in [3.05, 3.63) is 63.3 Å². The van der Waals surface area contributed by atoms with Crippen LogP contribution in [0.2, 0.25) is 0 Å². The number of aromatic nitrogens is 2. The Kier molecular flexibility index (Phi) is 3.60. The van der Waals surface area contributed by atoms with Crippen molar-refractivity contribution in [2.24, 2.45) is 0 Å². The molecular formula is C15H16N2O2. The summed E-state index contributed by atoms with van der Waals surface area (Å²) in [7, 11) is 0. The summed E-state index contributed by atoms with van der Waals surface area (Å²) in [6.07, 6.45) is 0. The lowest BCUT2D eigenvalue weighted by Gasteiger charge is -2.09. The highest BCUT2D eigenvalue weighted by Gasteiger charge is 2.10. The van der Waals surface area contributed by atoms with Gasteiger partial charge in [0.15, 0.2) is 5.78 Å². The maximum Gasteiger partial charge on any atom is 0.348 e. The first-order chi connectivity index (χ1) is 8.97. The van der Waals surface area contributed by atoms with Gasteiger partial charge in [0, 0.05) is 17.0 Å². The normalized spacial score (nSPS) is 10.5. The molecule has 4 nitrogen and oxygen atoms in total. The van der Waals surface area contributed by atoms with Crippen molar-refractivity contribution in [2.75, 3.05) is 0 Å². The van der Waals surface area contributed by atoms with E-state index in [0.29, 0.717) is 11.3 Å². The van der Waals surface area contributed by atoms with Gasteiger partial charge in [0.05, 0.1) is 6.54 Å². The molecular weight excluding hydrogens is 240 g/mol. The Morgan fingerprint density at radius 3 is 2.58 bits per heavy atom. The quantitative estimate of drug-likeness (QED) is 0.790. The number of nitrogens with zero attached hydrogens (tertiary/aromatic N) is 2. The highest BCUT2D eigenvalue weighted by Crippen LogP contribution is 2.07. The number of Topliss-reactive ketones (excluding diaryl/α,β-unsaturated/α-hetero) is 1. The first-order valence-electron chi connectivity index (χ1n) is 6.12. The van der Waals surface area contributed by atoms with Gasteiger partial charge in [0.25, 0.3) is 0 Å². The molecule has 0 bridgehead atoms. The van der Waals surface area contributed by atoms with Crippen molar-refractivity contribution in [1.82, 2.24) is 9.55 Å². The zero-order chi connectivity index (χ0) is 14.0. The number of carbonyl (C=O) groups is 1. The third-order valence-corrected chi connectivity index (χ3v) is 2.99. The van der Waals surface area contributed by atoms with Crippen molar-refractivity contribution < 1.29 is 4.79 Å². The summed E-state index contributed by atoms with van der Waals surface area (Å²) in [4.78, 5) is 27.8. The Balaban J connectivity index is 2.32. The topological polar surface area (TPSA) is 52.0 Å². The van der Waals surface area contributed by atoms with Gasteiger partial charge in [-0.3, -0.25) is 9.36 Å². The standard InChI is InChI=1S/C15H16N2O2/c1-10-5-4-6-13(7-10)14(18)9-17-12(3)8-11(2)16-15(17)19/h4-8H,9H2,1-3H3. The summed E-state index contributed by atoms with van der Waals surface area (Å²) < 4.78 is 1.40. The number of benzene rings is 1. The van der Waals surface area contributed by atoms with Gasteiger partial charge in [-0.05, 0) is 32.9 Å². The second-order valence-electron chi connectivity index (χ2n) is 4.70. The van der Waals surface area contributed by atoms with E-state index in [4.69, 9.17) is 0 Å². The molecule has 0 saturated heterocycles. The fraction of sp³-hybridized carbons (Fsp3) is 0.267. The van der Waals surface area contributed by atoms with Gasteiger partial charge in [-0.15, -0.1) is 0 Å². The second-order valence-corrected chi connectivity index (χ2v) is 4.70. The number of carbonyl (C=O) groups excluding carboxylic acids is 1. The number of hydrogen-bond acceptors (Lipinski definition) is 3. The van der Waals surface area contributed by atoms with Crippen LogP contribution in [0.5, 0.6) is 0 Å². The van der Waals surface area contributed by atoms with Gasteiger partial charge < -0.3 is 0 Å². The first-order valence-corrected chi connectivity index (χ1v) is 6.12. The smallest absolute Gasteiger partial charge is 0.292 e. The molecule has 0 N–H and O–H groups in total. The molecule has 4 heteroatoms. The Labute approximate surface area is 111 Å².